The molecule has 0 radical (unpaired) electrons. The Morgan fingerprint density at radius 1 is 0.446 bits per heavy atom. The lowest BCUT2D eigenvalue weighted by atomic mass is 9.87. The fourth-order valence-corrected chi connectivity index (χ4v) is 12.8. The number of allylic oxidation sites excluding steroid dienone is 2. The maximum atomic E-state index is 12.9. The van der Waals surface area contributed by atoms with Gasteiger partial charge in [-0.2, -0.15) is 8.90 Å². The highest BCUT2D eigenvalue weighted by Gasteiger charge is 2.34. The maximum Gasteiger partial charge on any atom is 0.374 e. The first-order valence-electron chi connectivity index (χ1n) is 45.4. The molecule has 5 rings (SSSR count). The van der Waals surface area contributed by atoms with Crippen LogP contribution in [0, 0.1) is 0 Å². The van der Waals surface area contributed by atoms with Gasteiger partial charge in [-0.1, -0.05) is 62.9 Å². The molecule has 3 aromatic rings. The van der Waals surface area contributed by atoms with Crippen LogP contribution in [0.5, 0.6) is 0 Å². The summed E-state index contributed by atoms with van der Waals surface area (Å²) in [6.07, 6.45) is 10.9. The number of oxazole rings is 1. The summed E-state index contributed by atoms with van der Waals surface area (Å²) in [6.45, 7) is 30.6. The number of hydrogen-bond acceptors (Lipinski definition) is 36. The molecule has 0 spiro atoms. The van der Waals surface area contributed by atoms with Gasteiger partial charge in [0.25, 0.3) is 17.3 Å². The van der Waals surface area contributed by atoms with Crippen molar-refractivity contribution >= 4 is 87.5 Å². The number of halogens is 2. The molecular weight excluding hydrogens is 1770 g/mol. The third-order valence-corrected chi connectivity index (χ3v) is 20.2. The van der Waals surface area contributed by atoms with Crippen LogP contribution in [0.4, 0.5) is 11.4 Å². The Hall–Kier alpha value is -5.08. The van der Waals surface area contributed by atoms with Crippen molar-refractivity contribution in [2.75, 3.05) is 353 Å². The molecule has 0 saturated carbocycles. The number of unbranched alkanes of at least 4 members (excludes halogenated alkanes) is 4. The highest BCUT2D eigenvalue weighted by Crippen LogP contribution is 2.46. The van der Waals surface area contributed by atoms with Gasteiger partial charge in [-0.15, -0.1) is 5.06 Å². The summed E-state index contributed by atoms with van der Waals surface area (Å²) < 4.78 is 145. The van der Waals surface area contributed by atoms with Crippen molar-refractivity contribution < 1.29 is 161 Å². The van der Waals surface area contributed by atoms with E-state index in [0.717, 1.165) is 58.7 Å². The third-order valence-electron chi connectivity index (χ3n) is 18.8. The van der Waals surface area contributed by atoms with Crippen molar-refractivity contribution in [3.63, 3.8) is 0 Å². The highest BCUT2D eigenvalue weighted by atomic mass is 35.5. The number of nitrogens with zero attached hydrogens (tertiary/aromatic N) is 4. The second-order valence-electron chi connectivity index (χ2n) is 29.9. The van der Waals surface area contributed by atoms with Crippen LogP contribution in [-0.2, 0) is 159 Å². The minimum atomic E-state index is -0.641. The van der Waals surface area contributed by atoms with E-state index in [1.54, 1.807) is 7.11 Å². The van der Waals surface area contributed by atoms with Gasteiger partial charge in [0.05, 0.1) is 338 Å². The zero-order valence-corrected chi connectivity index (χ0v) is 79.4. The number of carbonyl (C=O) groups is 4. The quantitative estimate of drug-likeness (QED) is 0.0142. The zero-order chi connectivity index (χ0) is 92.7. The molecule has 130 heavy (non-hydrogen) atoms. The summed E-state index contributed by atoms with van der Waals surface area (Å²) in [5.41, 5.74) is 4.41. The fourth-order valence-electron chi connectivity index (χ4n) is 12.2. The van der Waals surface area contributed by atoms with Crippen molar-refractivity contribution in [2.45, 2.75) is 103 Å². The molecule has 0 aliphatic carbocycles. The Kier molecular flexibility index (Phi) is 71.1. The standard InChI is InChI=1S/C89H147Cl2N5O33S/c1-89(2,3)76-17-18-82-81(73-76)95(24-12-72-130-129-128-101)87(126-82)15-11-14-84-93(79-74-77(90)78(91)75-80(79)94(84)23-10-6-8-16-88(100)127-96-85(98)19-20-86(96)99)22-9-5-7-13-83(97)92-21-25-103-28-29-105-32-33-107-36-37-109-40-41-111-44-45-113-48-49-115-52-53-117-56-57-119-60-61-121-64-65-123-68-69-125-71-70-124-67-66-122-63-62-120-59-58-118-55-54-116-51-50-114-47-46-112-43-42-110-39-38-108-35-34-106-31-30-104-27-26-102-4/h11,14-15,17-18,73-75H,5-10,12-13,16,19-72H2,1-4H3,(H-,92,97,101). The third kappa shape index (κ3) is 57.7. The first-order chi connectivity index (χ1) is 63.8. The van der Waals surface area contributed by atoms with Gasteiger partial charge >= 0.3 is 11.9 Å². The number of rotatable bonds is 93. The van der Waals surface area contributed by atoms with Gasteiger partial charge in [-0.3, -0.25) is 19.4 Å². The van der Waals surface area contributed by atoms with E-state index in [-0.39, 0.29) is 30.6 Å². The number of methoxy groups -OCH3 is 1. The van der Waals surface area contributed by atoms with Crippen LogP contribution in [-0.4, -0.2) is 372 Å². The lowest BCUT2D eigenvalue weighted by molar-refractivity contribution is -0.777. The number of fused-ring (bicyclic) bond motifs is 2. The summed E-state index contributed by atoms with van der Waals surface area (Å²) in [4.78, 5) is 59.1. The first kappa shape index (κ1) is 115. The normalized spacial score (nSPS) is 13.4. The molecule has 38 nitrogen and oxygen atoms in total. The number of nitrogens with one attached hydrogen (secondary N) is 1. The number of imide groups is 1. The van der Waals surface area contributed by atoms with Gasteiger partial charge in [0, 0.05) is 82.7 Å². The van der Waals surface area contributed by atoms with Crippen LogP contribution in [0.25, 0.3) is 17.2 Å². The molecule has 3 heterocycles. The van der Waals surface area contributed by atoms with Gasteiger partial charge in [0.15, 0.2) is 6.54 Å². The Balaban J connectivity index is 0.728. The largest absolute Gasteiger partial charge is 0.691 e. The van der Waals surface area contributed by atoms with E-state index in [2.05, 4.69) is 62.0 Å². The van der Waals surface area contributed by atoms with E-state index in [0.29, 0.717) is 402 Å². The van der Waals surface area contributed by atoms with Crippen LogP contribution in [0.3, 0.4) is 0 Å². The number of anilines is 2. The fraction of sp³-hybridized carbons (Fsp3) is 0.764. The van der Waals surface area contributed by atoms with E-state index >= 15 is 0 Å². The summed E-state index contributed by atoms with van der Waals surface area (Å²) in [5.74, 6) is 0.232. The van der Waals surface area contributed by atoms with Crippen molar-refractivity contribution in [2.24, 2.45) is 0 Å². The average Bonchev–Trinajstić information content (AvgIpc) is 1.61. The minimum absolute atomic E-state index is 0.0218. The summed E-state index contributed by atoms with van der Waals surface area (Å²) in [7, 11) is 1.64. The van der Waals surface area contributed by atoms with Crippen LogP contribution < -0.4 is 24.9 Å². The van der Waals surface area contributed by atoms with Crippen LogP contribution >= 0.6 is 35.2 Å². The van der Waals surface area contributed by atoms with Crippen molar-refractivity contribution in [3.05, 3.63) is 69.8 Å². The number of aromatic nitrogens is 1. The Morgan fingerprint density at radius 2 is 0.777 bits per heavy atom. The number of aryl methyl sites for hydroxylation is 1. The van der Waals surface area contributed by atoms with E-state index < -0.39 is 17.8 Å². The molecule has 0 unspecified atom stereocenters. The second kappa shape index (κ2) is 80.1. The maximum absolute atomic E-state index is 12.9. The average molecular weight is 1920 g/mol. The minimum Gasteiger partial charge on any atom is -0.691 e. The molecule has 2 aliphatic rings. The lowest BCUT2D eigenvalue weighted by Crippen LogP contribution is -2.35. The lowest BCUT2D eigenvalue weighted by Gasteiger charge is -2.25. The summed E-state index contributed by atoms with van der Waals surface area (Å²) in [6, 6.07) is 9.93. The van der Waals surface area contributed by atoms with Crippen molar-refractivity contribution in [3.8, 4) is 0 Å². The van der Waals surface area contributed by atoms with Gasteiger partial charge < -0.3 is 143 Å². The molecular formula is C89H147Cl2N5O33S. The predicted molar refractivity (Wildman–Crippen MR) is 480 cm³/mol. The molecule has 1 aromatic heterocycles. The van der Waals surface area contributed by atoms with Crippen molar-refractivity contribution in [1.29, 1.82) is 0 Å². The number of amides is 3. The molecule has 2 aromatic carbocycles. The van der Waals surface area contributed by atoms with E-state index in [9.17, 15) is 24.4 Å². The zero-order valence-electron chi connectivity index (χ0n) is 77.1. The second-order valence-corrected chi connectivity index (χ2v) is 31.5. The first-order valence-corrected chi connectivity index (χ1v) is 47.1. The number of benzene rings is 2. The molecule has 3 amide bonds. The molecule has 746 valence electrons. The summed E-state index contributed by atoms with van der Waals surface area (Å²) >= 11 is 14.4. The van der Waals surface area contributed by atoms with Crippen LogP contribution in [0.15, 0.2) is 52.7 Å². The van der Waals surface area contributed by atoms with E-state index in [4.69, 9.17) is 146 Å². The molecule has 2 aliphatic heterocycles. The molecule has 1 fully saturated rings. The van der Waals surface area contributed by atoms with Crippen LogP contribution in [0.2, 0.25) is 10.0 Å². The number of hydroxylamine groups is 2. The Morgan fingerprint density at radius 3 is 1.11 bits per heavy atom. The van der Waals surface area contributed by atoms with Gasteiger partial charge in [-0.05, 0) is 67.0 Å². The molecule has 41 heteroatoms. The molecule has 1 saturated heterocycles. The predicted octanol–water partition coefficient (Wildman–Crippen LogP) is 7.64. The van der Waals surface area contributed by atoms with Gasteiger partial charge in [0.2, 0.25) is 11.5 Å². The smallest absolute Gasteiger partial charge is 0.374 e. The monoisotopic (exact) mass is 1920 g/mol. The Bertz CT molecular complexity index is 3360. The summed E-state index contributed by atoms with van der Waals surface area (Å²) in [5, 5.41) is 18.3. The van der Waals surface area contributed by atoms with Crippen molar-refractivity contribution in [1.82, 2.24) is 10.4 Å². The van der Waals surface area contributed by atoms with E-state index in [1.807, 2.05) is 36.4 Å². The van der Waals surface area contributed by atoms with E-state index in [1.165, 1.54) is 0 Å². The molecule has 0 bridgehead atoms. The highest BCUT2D eigenvalue weighted by molar-refractivity contribution is 7.94. The van der Waals surface area contributed by atoms with Gasteiger partial charge in [-0.25, -0.2) is 4.79 Å². The SMILES string of the molecule is COCCOCCOCCOCCOCCOCCOCCOCCOCCOCCOCCOCCOCCOCCOCCOCCOCCOCCOCCOCCOCCOCCOCCOCCNC(=O)CCCCCN1C(=CC=Cc2oc3ccc(C(C)(C)C)cc3[n+]2CCCSOO[O-])N(CCCCCC(=O)ON2C(=O)CCC2=O)c2cc(Cl)c(Cl)cc21. The molecule has 0 atom stereocenters. The number of hydrogen-bond donors (Lipinski definition) is 1. The number of carbonyl (C=O) groups excluding carboxylic acids is 4. The molecule has 1 N–H and O–H groups in total. The topological polar surface area (TPSA) is 379 Å². The van der Waals surface area contributed by atoms with Gasteiger partial charge in [0.1, 0.15) is 5.82 Å². The Labute approximate surface area is 781 Å². The van der Waals surface area contributed by atoms with Crippen LogP contribution in [0.1, 0.15) is 103 Å². The number of ether oxygens (including phenoxy) is 24.